The van der Waals surface area contributed by atoms with Crippen LogP contribution in [0.1, 0.15) is 12.0 Å². The number of hydrogen-bond acceptors (Lipinski definition) is 3. The van der Waals surface area contributed by atoms with E-state index in [9.17, 15) is 0 Å². The Hall–Kier alpha value is -1.60. The summed E-state index contributed by atoms with van der Waals surface area (Å²) in [5, 5.41) is 0. The lowest BCUT2D eigenvalue weighted by atomic mass is 10.2. The van der Waals surface area contributed by atoms with Gasteiger partial charge in [0.15, 0.2) is 0 Å². The van der Waals surface area contributed by atoms with Crippen LogP contribution in [0.2, 0.25) is 0 Å². The molecule has 78 valence electrons. The minimum absolute atomic E-state index is 0.187. The molecular weight excluding hydrogens is 188 g/mol. The van der Waals surface area contributed by atoms with Crippen LogP contribution in [0.4, 0.5) is 5.82 Å². The van der Waals surface area contributed by atoms with Crippen molar-refractivity contribution < 1.29 is 0 Å². The summed E-state index contributed by atoms with van der Waals surface area (Å²) in [7, 11) is 0. The number of likely N-dealkylation sites (tertiary alicyclic amines) is 1. The van der Waals surface area contributed by atoms with Gasteiger partial charge in [0, 0.05) is 25.7 Å². The molecule has 2 heterocycles. The molecule has 1 unspecified atom stereocenters. The smallest absolute Gasteiger partial charge is 0.237 e. The minimum Gasteiger partial charge on any atom is -0.384 e. The van der Waals surface area contributed by atoms with Gasteiger partial charge < -0.3 is 10.6 Å². The molecule has 15 heavy (non-hydrogen) atoms. The van der Waals surface area contributed by atoms with Crippen molar-refractivity contribution >= 4 is 5.82 Å². The van der Waals surface area contributed by atoms with Gasteiger partial charge in [-0.25, -0.2) is 11.6 Å². The summed E-state index contributed by atoms with van der Waals surface area (Å²) in [5.74, 6) is 0.555. The lowest BCUT2D eigenvalue weighted by Gasteiger charge is -2.13. The van der Waals surface area contributed by atoms with Gasteiger partial charge in [0.2, 0.25) is 6.04 Å². The monoisotopic (exact) mass is 202 g/mol. The Bertz CT molecular complexity index is 365. The lowest BCUT2D eigenvalue weighted by molar-refractivity contribution is 0.329. The average molecular weight is 202 g/mol. The number of anilines is 1. The third-order valence-electron chi connectivity index (χ3n) is 2.68. The Morgan fingerprint density at radius 3 is 3.07 bits per heavy atom. The first kappa shape index (κ1) is 9.94. The van der Waals surface area contributed by atoms with Crippen molar-refractivity contribution in [3.05, 3.63) is 35.3 Å². The highest BCUT2D eigenvalue weighted by Crippen LogP contribution is 2.15. The zero-order valence-corrected chi connectivity index (χ0v) is 8.56. The number of pyridine rings is 1. The third kappa shape index (κ3) is 2.45. The fraction of sp³-hybridized carbons (Fsp3) is 0.455. The van der Waals surface area contributed by atoms with E-state index in [2.05, 4.69) is 14.7 Å². The van der Waals surface area contributed by atoms with Crippen LogP contribution in [0, 0.1) is 6.57 Å². The molecule has 2 N–H and O–H groups in total. The Morgan fingerprint density at radius 2 is 2.47 bits per heavy atom. The molecule has 0 radical (unpaired) electrons. The van der Waals surface area contributed by atoms with E-state index in [0.29, 0.717) is 5.82 Å². The summed E-state index contributed by atoms with van der Waals surface area (Å²) >= 11 is 0. The first-order valence-electron chi connectivity index (χ1n) is 5.07. The van der Waals surface area contributed by atoms with Crippen LogP contribution in [0.25, 0.3) is 4.85 Å². The maximum atomic E-state index is 6.97. The molecule has 0 amide bonds. The van der Waals surface area contributed by atoms with Crippen molar-refractivity contribution in [1.82, 2.24) is 9.88 Å². The van der Waals surface area contributed by atoms with Crippen LogP contribution >= 0.6 is 0 Å². The predicted molar refractivity (Wildman–Crippen MR) is 58.9 cm³/mol. The third-order valence-corrected chi connectivity index (χ3v) is 2.68. The van der Waals surface area contributed by atoms with Crippen molar-refractivity contribution in [2.45, 2.75) is 19.0 Å². The fourth-order valence-corrected chi connectivity index (χ4v) is 1.85. The van der Waals surface area contributed by atoms with Crippen LogP contribution < -0.4 is 5.73 Å². The van der Waals surface area contributed by atoms with Crippen LogP contribution in [0.3, 0.4) is 0 Å². The van der Waals surface area contributed by atoms with E-state index < -0.39 is 0 Å². The van der Waals surface area contributed by atoms with Gasteiger partial charge in [-0.2, -0.15) is 0 Å². The molecule has 0 aliphatic carbocycles. The lowest BCUT2D eigenvalue weighted by Crippen LogP contribution is -2.20. The number of hydrogen-bond donors (Lipinski definition) is 1. The summed E-state index contributed by atoms with van der Waals surface area (Å²) in [5.41, 5.74) is 6.68. The molecule has 1 aliphatic heterocycles. The Labute approximate surface area is 89.5 Å². The second kappa shape index (κ2) is 4.28. The highest BCUT2D eigenvalue weighted by Gasteiger charge is 2.25. The molecule has 1 aromatic rings. The molecule has 0 saturated carbocycles. The van der Waals surface area contributed by atoms with Gasteiger partial charge in [0.1, 0.15) is 5.82 Å². The van der Waals surface area contributed by atoms with Gasteiger partial charge >= 0.3 is 0 Å². The van der Waals surface area contributed by atoms with E-state index in [1.54, 1.807) is 6.20 Å². The number of aromatic nitrogens is 1. The van der Waals surface area contributed by atoms with Crippen molar-refractivity contribution in [2.75, 3.05) is 18.8 Å². The van der Waals surface area contributed by atoms with Gasteiger partial charge in [-0.15, -0.1) is 0 Å². The molecule has 0 aromatic carbocycles. The topological polar surface area (TPSA) is 46.5 Å². The Morgan fingerprint density at radius 1 is 1.60 bits per heavy atom. The van der Waals surface area contributed by atoms with Gasteiger partial charge in [0.05, 0.1) is 6.54 Å². The zero-order valence-electron chi connectivity index (χ0n) is 8.56. The van der Waals surface area contributed by atoms with Gasteiger partial charge in [0.25, 0.3) is 0 Å². The first-order chi connectivity index (χ1) is 7.28. The van der Waals surface area contributed by atoms with Crippen LogP contribution in [-0.2, 0) is 6.54 Å². The molecule has 2 rings (SSSR count). The molecule has 0 spiro atoms. The summed E-state index contributed by atoms with van der Waals surface area (Å²) in [6.45, 7) is 9.74. The highest BCUT2D eigenvalue weighted by atomic mass is 15.2. The van der Waals surface area contributed by atoms with E-state index in [1.807, 2.05) is 12.1 Å². The number of nitrogens with two attached hydrogens (primary N) is 1. The molecular formula is C11H14N4. The fourth-order valence-electron chi connectivity index (χ4n) is 1.85. The zero-order chi connectivity index (χ0) is 10.7. The van der Waals surface area contributed by atoms with E-state index in [-0.39, 0.29) is 6.04 Å². The first-order valence-corrected chi connectivity index (χ1v) is 5.07. The van der Waals surface area contributed by atoms with Gasteiger partial charge in [-0.1, -0.05) is 6.07 Å². The predicted octanol–water partition coefficient (Wildman–Crippen LogP) is 1.16. The van der Waals surface area contributed by atoms with Crippen LogP contribution in [0.15, 0.2) is 18.3 Å². The summed E-state index contributed by atoms with van der Waals surface area (Å²) in [6, 6.07) is 4.00. The highest BCUT2D eigenvalue weighted by molar-refractivity contribution is 5.29. The van der Waals surface area contributed by atoms with E-state index >= 15 is 0 Å². The van der Waals surface area contributed by atoms with Crippen molar-refractivity contribution in [3.8, 4) is 0 Å². The standard InChI is InChI=1S/C11H14N4/c1-13-10-4-5-15(8-10)7-9-2-3-11(12)14-6-9/h2-3,6,10H,4-5,7-8H2,(H2,12,14). The maximum absolute atomic E-state index is 6.97. The molecule has 1 saturated heterocycles. The molecule has 4 heteroatoms. The number of nitrogens with zero attached hydrogens (tertiary/aromatic N) is 3. The average Bonchev–Trinajstić information content (AvgIpc) is 2.69. The van der Waals surface area contributed by atoms with Crippen LogP contribution in [0.5, 0.6) is 0 Å². The molecule has 1 aromatic heterocycles. The summed E-state index contributed by atoms with van der Waals surface area (Å²) < 4.78 is 0. The normalized spacial score (nSPS) is 21.4. The van der Waals surface area contributed by atoms with E-state index in [4.69, 9.17) is 12.3 Å². The largest absolute Gasteiger partial charge is 0.384 e. The molecule has 1 aliphatic rings. The van der Waals surface area contributed by atoms with Crippen molar-refractivity contribution in [2.24, 2.45) is 0 Å². The van der Waals surface area contributed by atoms with Crippen molar-refractivity contribution in [1.29, 1.82) is 0 Å². The van der Waals surface area contributed by atoms with E-state index in [0.717, 1.165) is 31.6 Å². The Kier molecular flexibility index (Phi) is 2.84. The second-order valence-corrected chi connectivity index (χ2v) is 3.90. The number of nitrogen functional groups attached to an aromatic ring is 1. The maximum Gasteiger partial charge on any atom is 0.237 e. The van der Waals surface area contributed by atoms with E-state index in [1.165, 1.54) is 0 Å². The summed E-state index contributed by atoms with van der Waals surface area (Å²) in [6.07, 6.45) is 2.80. The molecule has 0 bridgehead atoms. The Balaban J connectivity index is 1.93. The van der Waals surface area contributed by atoms with Gasteiger partial charge in [-0.05, 0) is 11.6 Å². The van der Waals surface area contributed by atoms with Crippen molar-refractivity contribution in [3.63, 3.8) is 0 Å². The molecule has 1 fully saturated rings. The molecule has 1 atom stereocenters. The van der Waals surface area contributed by atoms with Gasteiger partial charge in [-0.3, -0.25) is 4.90 Å². The second-order valence-electron chi connectivity index (χ2n) is 3.90. The number of rotatable bonds is 2. The summed E-state index contributed by atoms with van der Waals surface area (Å²) in [4.78, 5) is 9.90. The SMILES string of the molecule is [C-]#[N+]C1CCN(Cc2ccc(N)nc2)C1. The quantitative estimate of drug-likeness (QED) is 0.732. The molecule has 4 nitrogen and oxygen atoms in total. The van der Waals surface area contributed by atoms with Crippen LogP contribution in [-0.4, -0.2) is 29.0 Å². The minimum atomic E-state index is 0.187.